The molecule has 0 bridgehead atoms. The number of aromatic nitrogens is 1. The summed E-state index contributed by atoms with van der Waals surface area (Å²) in [6.07, 6.45) is 3.12. The van der Waals surface area contributed by atoms with Crippen molar-refractivity contribution in [3.63, 3.8) is 0 Å². The third-order valence-electron chi connectivity index (χ3n) is 3.19. The van der Waals surface area contributed by atoms with Crippen LogP contribution in [0.1, 0.15) is 5.56 Å². The zero-order chi connectivity index (χ0) is 11.5. The fourth-order valence-electron chi connectivity index (χ4n) is 2.33. The average Bonchev–Trinajstić information content (AvgIpc) is 2.40. The van der Waals surface area contributed by atoms with Gasteiger partial charge in [-0.05, 0) is 17.7 Å². The Balaban J connectivity index is 1.89. The van der Waals surface area contributed by atoms with Crippen molar-refractivity contribution in [2.24, 2.45) is 0 Å². The predicted molar refractivity (Wildman–Crippen MR) is 68.1 cm³/mol. The molecule has 0 aliphatic carbocycles. The Bertz CT molecular complexity index is 501. The van der Waals surface area contributed by atoms with Crippen molar-refractivity contribution in [3.8, 4) is 0 Å². The third kappa shape index (κ3) is 2.30. The zero-order valence-corrected chi connectivity index (χ0v) is 9.73. The quantitative estimate of drug-likeness (QED) is 0.850. The molecule has 1 aromatic carbocycles. The van der Waals surface area contributed by atoms with Gasteiger partial charge in [0, 0.05) is 31.1 Å². The van der Waals surface area contributed by atoms with Gasteiger partial charge in [-0.2, -0.15) is 0 Å². The highest BCUT2D eigenvalue weighted by Gasteiger charge is 2.15. The zero-order valence-electron chi connectivity index (χ0n) is 9.73. The topological polar surface area (TPSA) is 34.1 Å². The van der Waals surface area contributed by atoms with Crippen LogP contribution in [-0.2, 0) is 11.2 Å². The van der Waals surface area contributed by atoms with Crippen molar-refractivity contribution in [1.29, 1.82) is 0 Å². The van der Waals surface area contributed by atoms with Gasteiger partial charge in [-0.15, -0.1) is 0 Å². The molecule has 0 amide bonds. The van der Waals surface area contributed by atoms with Gasteiger partial charge in [0.25, 0.3) is 0 Å². The van der Waals surface area contributed by atoms with E-state index in [0.717, 1.165) is 31.6 Å². The normalized spacial score (nSPS) is 20.6. The van der Waals surface area contributed by atoms with Crippen LogP contribution in [0.5, 0.6) is 0 Å². The minimum absolute atomic E-state index is 0.287. The van der Waals surface area contributed by atoms with Gasteiger partial charge >= 0.3 is 0 Å². The van der Waals surface area contributed by atoms with Gasteiger partial charge in [-0.25, -0.2) is 0 Å². The number of benzene rings is 1. The average molecular weight is 228 g/mol. The van der Waals surface area contributed by atoms with Gasteiger partial charge in [0.1, 0.15) is 0 Å². The highest BCUT2D eigenvalue weighted by molar-refractivity contribution is 5.81. The largest absolute Gasteiger partial charge is 0.375 e. The van der Waals surface area contributed by atoms with Crippen molar-refractivity contribution in [2.75, 3.05) is 19.7 Å². The third-order valence-corrected chi connectivity index (χ3v) is 3.19. The minimum atomic E-state index is 0.287. The van der Waals surface area contributed by atoms with Crippen LogP contribution in [0.3, 0.4) is 0 Å². The van der Waals surface area contributed by atoms with E-state index in [9.17, 15) is 0 Å². The van der Waals surface area contributed by atoms with Crippen LogP contribution in [0.25, 0.3) is 10.9 Å². The molecule has 0 radical (unpaired) electrons. The lowest BCUT2D eigenvalue weighted by molar-refractivity contribution is 0.0294. The van der Waals surface area contributed by atoms with Gasteiger partial charge in [-0.1, -0.05) is 18.2 Å². The number of fused-ring (bicyclic) bond motifs is 1. The number of nitrogens with one attached hydrogen (secondary N) is 1. The Hall–Kier alpha value is -1.45. The Morgan fingerprint density at radius 1 is 1.29 bits per heavy atom. The standard InChI is InChI=1S/C14H16N2O/c1-2-4-14-13(3-1)11(5-6-16-14)9-12-10-15-7-8-17-12/h1-6,12,15H,7-10H2. The van der Waals surface area contributed by atoms with Crippen LogP contribution in [-0.4, -0.2) is 30.8 Å². The second-order valence-corrected chi connectivity index (χ2v) is 4.39. The SMILES string of the molecule is c1ccc2c(CC3CNCCO3)ccnc2c1. The molecule has 3 nitrogen and oxygen atoms in total. The van der Waals surface area contributed by atoms with Gasteiger partial charge in [-0.3, -0.25) is 4.98 Å². The molecule has 3 rings (SSSR count). The lowest BCUT2D eigenvalue weighted by atomic mass is 10.0. The summed E-state index contributed by atoms with van der Waals surface area (Å²) in [6.45, 7) is 2.72. The van der Waals surface area contributed by atoms with E-state index in [-0.39, 0.29) is 6.10 Å². The van der Waals surface area contributed by atoms with Gasteiger partial charge < -0.3 is 10.1 Å². The monoisotopic (exact) mass is 228 g/mol. The maximum absolute atomic E-state index is 5.75. The predicted octanol–water partition coefficient (Wildman–Crippen LogP) is 1.77. The smallest absolute Gasteiger partial charge is 0.0740 e. The Labute approximate surface area is 101 Å². The van der Waals surface area contributed by atoms with Crippen LogP contribution in [0.4, 0.5) is 0 Å². The molecule has 17 heavy (non-hydrogen) atoms. The summed E-state index contributed by atoms with van der Waals surface area (Å²) >= 11 is 0. The fourth-order valence-corrected chi connectivity index (χ4v) is 2.33. The number of morpholine rings is 1. The van der Waals surface area contributed by atoms with Crippen LogP contribution in [0, 0.1) is 0 Å². The van der Waals surface area contributed by atoms with E-state index in [4.69, 9.17) is 4.74 Å². The van der Waals surface area contributed by atoms with E-state index in [1.807, 2.05) is 12.3 Å². The van der Waals surface area contributed by atoms with E-state index >= 15 is 0 Å². The number of nitrogens with zero attached hydrogens (tertiary/aromatic N) is 1. The van der Waals surface area contributed by atoms with E-state index in [1.165, 1.54) is 10.9 Å². The first-order valence-corrected chi connectivity index (χ1v) is 6.08. The maximum atomic E-state index is 5.75. The lowest BCUT2D eigenvalue weighted by Crippen LogP contribution is -2.39. The van der Waals surface area contributed by atoms with Crippen LogP contribution >= 0.6 is 0 Å². The number of ether oxygens (including phenoxy) is 1. The number of hydrogen-bond acceptors (Lipinski definition) is 3. The first kappa shape index (κ1) is 10.7. The van der Waals surface area contributed by atoms with Crippen LogP contribution in [0.2, 0.25) is 0 Å². The number of hydrogen-bond donors (Lipinski definition) is 1. The Morgan fingerprint density at radius 3 is 3.12 bits per heavy atom. The molecule has 3 heteroatoms. The maximum Gasteiger partial charge on any atom is 0.0740 e. The molecule has 2 aromatic rings. The first-order chi connectivity index (χ1) is 8.43. The summed E-state index contributed by atoms with van der Waals surface area (Å²) in [6, 6.07) is 10.4. The molecular formula is C14H16N2O. The van der Waals surface area contributed by atoms with Crippen molar-refractivity contribution in [1.82, 2.24) is 10.3 Å². The van der Waals surface area contributed by atoms with Crippen molar-refractivity contribution in [2.45, 2.75) is 12.5 Å². The molecule has 1 atom stereocenters. The molecule has 1 fully saturated rings. The summed E-state index contributed by atoms with van der Waals surface area (Å²) in [7, 11) is 0. The molecular weight excluding hydrogens is 212 g/mol. The molecule has 2 heterocycles. The molecule has 0 saturated carbocycles. The Kier molecular flexibility index (Phi) is 3.03. The second-order valence-electron chi connectivity index (χ2n) is 4.39. The van der Waals surface area contributed by atoms with Crippen LogP contribution < -0.4 is 5.32 Å². The molecule has 1 saturated heterocycles. The first-order valence-electron chi connectivity index (χ1n) is 6.08. The molecule has 1 aromatic heterocycles. The summed E-state index contributed by atoms with van der Waals surface area (Å²) in [5.74, 6) is 0. The van der Waals surface area contributed by atoms with Gasteiger partial charge in [0.05, 0.1) is 18.2 Å². The number of para-hydroxylation sites is 1. The van der Waals surface area contributed by atoms with E-state index in [1.54, 1.807) is 0 Å². The van der Waals surface area contributed by atoms with Gasteiger partial charge in [0.2, 0.25) is 0 Å². The molecule has 1 aliphatic rings. The molecule has 1 aliphatic heterocycles. The summed E-state index contributed by atoms with van der Waals surface area (Å²) in [5.41, 5.74) is 2.39. The number of rotatable bonds is 2. The minimum Gasteiger partial charge on any atom is -0.375 e. The summed E-state index contributed by atoms with van der Waals surface area (Å²) < 4.78 is 5.75. The van der Waals surface area contributed by atoms with Crippen LogP contribution in [0.15, 0.2) is 36.5 Å². The molecule has 1 N–H and O–H groups in total. The second kappa shape index (κ2) is 4.82. The fraction of sp³-hybridized carbons (Fsp3) is 0.357. The lowest BCUT2D eigenvalue weighted by Gasteiger charge is -2.24. The van der Waals surface area contributed by atoms with Crippen molar-refractivity contribution < 1.29 is 4.74 Å². The van der Waals surface area contributed by atoms with E-state index < -0.39 is 0 Å². The summed E-state index contributed by atoms with van der Waals surface area (Å²) in [5, 5.41) is 4.60. The van der Waals surface area contributed by atoms with Gasteiger partial charge in [0.15, 0.2) is 0 Å². The molecule has 1 unspecified atom stereocenters. The summed E-state index contributed by atoms with van der Waals surface area (Å²) in [4.78, 5) is 4.38. The Morgan fingerprint density at radius 2 is 2.24 bits per heavy atom. The van der Waals surface area contributed by atoms with E-state index in [0.29, 0.717) is 0 Å². The molecule has 0 spiro atoms. The highest BCUT2D eigenvalue weighted by Crippen LogP contribution is 2.18. The molecule has 88 valence electrons. The van der Waals surface area contributed by atoms with Crippen molar-refractivity contribution in [3.05, 3.63) is 42.1 Å². The van der Waals surface area contributed by atoms with Crippen molar-refractivity contribution >= 4 is 10.9 Å². The highest BCUT2D eigenvalue weighted by atomic mass is 16.5. The van der Waals surface area contributed by atoms with E-state index in [2.05, 4.69) is 34.6 Å². The number of pyridine rings is 1.